The quantitative estimate of drug-likeness (QED) is 0.619. The summed E-state index contributed by atoms with van der Waals surface area (Å²) in [5.41, 5.74) is 2.94. The highest BCUT2D eigenvalue weighted by molar-refractivity contribution is 7.02. The Hall–Kier alpha value is -1.82. The number of hydrogen-bond donors (Lipinski definition) is 1. The van der Waals surface area contributed by atoms with E-state index in [4.69, 9.17) is 1.37 Å². The van der Waals surface area contributed by atoms with Gasteiger partial charge in [0.15, 0.2) is 0 Å². The summed E-state index contributed by atoms with van der Waals surface area (Å²) in [4.78, 5) is 11.0. The zero-order valence-corrected chi connectivity index (χ0v) is 10.4. The van der Waals surface area contributed by atoms with E-state index in [9.17, 15) is 4.80 Å². The lowest BCUT2D eigenvalue weighted by Crippen LogP contribution is -2.58. The predicted molar refractivity (Wildman–Crippen MR) is 73.6 cm³/mol. The van der Waals surface area contributed by atoms with E-state index in [0.29, 0.717) is 0 Å². The maximum Gasteiger partial charge on any atom is 0.334 e. The third kappa shape index (κ3) is 2.31. The molecule has 2 heteroatoms. The minimum absolute atomic E-state index is 0.00891. The first kappa shape index (κ1) is 10.3. The molecule has 0 bridgehead atoms. The molecule has 0 saturated carbocycles. The van der Waals surface area contributed by atoms with Gasteiger partial charge in [0.25, 0.3) is 0 Å². The standard InChI is InChI=1S/C15H14OSi/c1-2-13-17(16,14-9-5-3-6-10-14)15-11-7-4-8-12-15/h3-12,16H,1H3/i1D. The summed E-state index contributed by atoms with van der Waals surface area (Å²) in [6.07, 6.45) is 0. The molecular weight excluding hydrogens is 224 g/mol. The van der Waals surface area contributed by atoms with E-state index in [0.717, 1.165) is 10.4 Å². The van der Waals surface area contributed by atoms with Crippen LogP contribution in [0.2, 0.25) is 0 Å². The van der Waals surface area contributed by atoms with Gasteiger partial charge >= 0.3 is 8.32 Å². The second-order valence-corrected chi connectivity index (χ2v) is 6.57. The molecule has 0 radical (unpaired) electrons. The van der Waals surface area contributed by atoms with Crippen molar-refractivity contribution in [3.05, 3.63) is 60.7 Å². The lowest BCUT2D eigenvalue weighted by atomic mass is 10.4. The van der Waals surface area contributed by atoms with E-state index in [1.54, 1.807) is 0 Å². The molecule has 0 aliphatic carbocycles. The van der Waals surface area contributed by atoms with Crippen molar-refractivity contribution >= 4 is 18.7 Å². The van der Waals surface area contributed by atoms with Gasteiger partial charge in [0.1, 0.15) is 0 Å². The lowest BCUT2D eigenvalue weighted by molar-refractivity contribution is 0.584. The van der Waals surface area contributed by atoms with Crippen LogP contribution in [0.5, 0.6) is 0 Å². The van der Waals surface area contributed by atoms with Crippen molar-refractivity contribution in [1.29, 1.82) is 0 Å². The number of rotatable bonds is 2. The third-order valence-corrected chi connectivity index (χ3v) is 5.53. The maximum atomic E-state index is 11.0. The first-order valence-corrected chi connectivity index (χ1v) is 7.35. The summed E-state index contributed by atoms with van der Waals surface area (Å²) in [6.45, 7) is 0.00891. The van der Waals surface area contributed by atoms with Gasteiger partial charge in [-0.3, -0.25) is 0 Å². The van der Waals surface area contributed by atoms with Crippen molar-refractivity contribution in [3.8, 4) is 11.5 Å². The van der Waals surface area contributed by atoms with E-state index >= 15 is 0 Å². The molecule has 2 aromatic rings. The fourth-order valence-electron chi connectivity index (χ4n) is 1.80. The molecule has 0 saturated heterocycles. The second-order valence-electron chi connectivity index (χ2n) is 3.74. The van der Waals surface area contributed by atoms with E-state index in [1.807, 2.05) is 60.7 Å². The highest BCUT2D eigenvalue weighted by Gasteiger charge is 2.33. The van der Waals surface area contributed by atoms with Crippen LogP contribution >= 0.6 is 0 Å². The van der Waals surface area contributed by atoms with Crippen LogP contribution in [0.4, 0.5) is 0 Å². The van der Waals surface area contributed by atoms with Gasteiger partial charge in [-0.25, -0.2) is 0 Å². The van der Waals surface area contributed by atoms with Crippen molar-refractivity contribution in [3.63, 3.8) is 0 Å². The number of benzene rings is 2. The molecule has 0 amide bonds. The van der Waals surface area contributed by atoms with Crippen LogP contribution < -0.4 is 10.4 Å². The first-order chi connectivity index (χ1) is 8.77. The molecule has 84 valence electrons. The molecule has 0 unspecified atom stereocenters. The Morgan fingerprint density at radius 3 is 1.82 bits per heavy atom. The normalized spacial score (nSPS) is 11.2. The zero-order chi connectivity index (χ0) is 12.8. The van der Waals surface area contributed by atoms with Crippen LogP contribution in [0.15, 0.2) is 60.7 Å². The summed E-state index contributed by atoms with van der Waals surface area (Å²) in [5, 5.41) is 1.72. The van der Waals surface area contributed by atoms with Crippen LogP contribution in [-0.2, 0) is 0 Å². The molecule has 17 heavy (non-hydrogen) atoms. The van der Waals surface area contributed by atoms with E-state index in [2.05, 4.69) is 11.5 Å². The van der Waals surface area contributed by atoms with Gasteiger partial charge in [0, 0.05) is 1.37 Å². The summed E-state index contributed by atoms with van der Waals surface area (Å²) >= 11 is 0. The molecule has 1 nitrogen and oxygen atoms in total. The average molecular weight is 239 g/mol. The van der Waals surface area contributed by atoms with Crippen LogP contribution in [0.1, 0.15) is 8.27 Å². The third-order valence-electron chi connectivity index (χ3n) is 2.65. The Labute approximate surface area is 104 Å². The minimum atomic E-state index is -3.00. The lowest BCUT2D eigenvalue weighted by Gasteiger charge is -2.19. The smallest absolute Gasteiger partial charge is 0.334 e. The summed E-state index contributed by atoms with van der Waals surface area (Å²) in [6, 6.07) is 19.0. The monoisotopic (exact) mass is 239 g/mol. The maximum absolute atomic E-state index is 11.0. The topological polar surface area (TPSA) is 20.2 Å². The molecule has 0 fully saturated rings. The Morgan fingerprint density at radius 1 is 0.941 bits per heavy atom. The minimum Gasteiger partial charge on any atom is -0.415 e. The highest BCUT2D eigenvalue weighted by atomic mass is 28.4. The van der Waals surface area contributed by atoms with Crippen molar-refractivity contribution < 1.29 is 6.17 Å². The average Bonchev–Trinajstić information content (AvgIpc) is 2.46. The summed E-state index contributed by atoms with van der Waals surface area (Å²) in [7, 11) is -3.00. The van der Waals surface area contributed by atoms with Crippen LogP contribution in [-0.4, -0.2) is 13.1 Å². The van der Waals surface area contributed by atoms with Crippen molar-refractivity contribution in [1.82, 2.24) is 0 Å². The van der Waals surface area contributed by atoms with Crippen molar-refractivity contribution in [2.45, 2.75) is 6.90 Å². The fraction of sp³-hybridized carbons (Fsp3) is 0.0667. The van der Waals surface area contributed by atoms with Gasteiger partial charge in [0.05, 0.1) is 0 Å². The van der Waals surface area contributed by atoms with Crippen LogP contribution in [0.25, 0.3) is 0 Å². The van der Waals surface area contributed by atoms with E-state index in [1.165, 1.54) is 0 Å². The second kappa shape index (κ2) is 5.01. The van der Waals surface area contributed by atoms with Crippen molar-refractivity contribution in [2.75, 3.05) is 0 Å². The molecule has 0 aliphatic rings. The molecule has 0 spiro atoms. The Kier molecular flexibility index (Phi) is 3.04. The summed E-state index contributed by atoms with van der Waals surface area (Å²) in [5.74, 6) is 2.71. The molecule has 2 rings (SSSR count). The summed E-state index contributed by atoms with van der Waals surface area (Å²) < 4.78 is 7.15. The van der Waals surface area contributed by atoms with E-state index in [-0.39, 0.29) is 6.90 Å². The molecule has 0 heterocycles. The van der Waals surface area contributed by atoms with Gasteiger partial charge < -0.3 is 4.80 Å². The highest BCUT2D eigenvalue weighted by Crippen LogP contribution is 2.01. The number of hydrogen-bond acceptors (Lipinski definition) is 1. The van der Waals surface area contributed by atoms with Crippen molar-refractivity contribution in [2.24, 2.45) is 0 Å². The molecule has 2 aromatic carbocycles. The van der Waals surface area contributed by atoms with Gasteiger partial charge in [-0.05, 0) is 17.3 Å². The Balaban J connectivity index is 2.55. The van der Waals surface area contributed by atoms with Gasteiger partial charge in [-0.2, -0.15) is 0 Å². The SMILES string of the molecule is [2H]CC#C[Si](O)(c1ccccc1)c1ccccc1. The molecule has 1 N–H and O–H groups in total. The molecule has 0 aliphatic heterocycles. The van der Waals surface area contributed by atoms with E-state index < -0.39 is 8.32 Å². The fourth-order valence-corrected chi connectivity index (χ4v) is 4.03. The van der Waals surface area contributed by atoms with Gasteiger partial charge in [-0.1, -0.05) is 66.2 Å². The van der Waals surface area contributed by atoms with Gasteiger partial charge in [-0.15, -0.1) is 5.92 Å². The zero-order valence-electron chi connectivity index (χ0n) is 10.4. The van der Waals surface area contributed by atoms with Crippen LogP contribution in [0.3, 0.4) is 0 Å². The predicted octanol–water partition coefficient (Wildman–Crippen LogP) is 1.30. The largest absolute Gasteiger partial charge is 0.415 e. The Morgan fingerprint density at radius 2 is 1.41 bits per heavy atom. The van der Waals surface area contributed by atoms with Gasteiger partial charge in [0.2, 0.25) is 0 Å². The molecule has 0 aromatic heterocycles. The molecule has 0 atom stereocenters. The Bertz CT molecular complexity index is 518. The molecular formula is C15H14OSi. The van der Waals surface area contributed by atoms with Crippen LogP contribution in [0, 0.1) is 11.5 Å². The first-order valence-electron chi connectivity index (χ1n) is 6.11.